The Hall–Kier alpha value is -2.93. The van der Waals surface area contributed by atoms with E-state index in [0.717, 1.165) is 0 Å². The van der Waals surface area contributed by atoms with Gasteiger partial charge in [0.05, 0.1) is 4.92 Å². The fourth-order valence-electron chi connectivity index (χ4n) is 3.09. The summed E-state index contributed by atoms with van der Waals surface area (Å²) in [4.78, 5) is 39.0. The van der Waals surface area contributed by atoms with Crippen LogP contribution >= 0.6 is 11.6 Å². The van der Waals surface area contributed by atoms with Gasteiger partial charge in [0.15, 0.2) is 0 Å². The van der Waals surface area contributed by atoms with Crippen LogP contribution in [0.25, 0.3) is 0 Å². The van der Waals surface area contributed by atoms with Gasteiger partial charge in [-0.25, -0.2) is 0 Å². The highest BCUT2D eigenvalue weighted by molar-refractivity contribution is 6.30. The van der Waals surface area contributed by atoms with E-state index in [2.05, 4.69) is 0 Å². The third-order valence-electron chi connectivity index (χ3n) is 4.57. The molecule has 1 fully saturated rings. The Morgan fingerprint density at radius 1 is 0.963 bits per heavy atom. The fourth-order valence-corrected chi connectivity index (χ4v) is 3.28. The van der Waals surface area contributed by atoms with Crippen LogP contribution in [0.15, 0.2) is 42.5 Å². The molecule has 1 aliphatic rings. The zero-order valence-corrected chi connectivity index (χ0v) is 15.5. The first-order valence-corrected chi connectivity index (χ1v) is 8.84. The van der Waals surface area contributed by atoms with Gasteiger partial charge in [-0.2, -0.15) is 0 Å². The van der Waals surface area contributed by atoms with Crippen molar-refractivity contribution in [3.8, 4) is 0 Å². The average molecular weight is 388 g/mol. The minimum atomic E-state index is -0.468. The number of hydrogen-bond donors (Lipinski definition) is 0. The van der Waals surface area contributed by atoms with Crippen LogP contribution in [0.4, 0.5) is 5.69 Å². The van der Waals surface area contributed by atoms with Gasteiger partial charge in [-0.3, -0.25) is 19.7 Å². The highest BCUT2D eigenvalue weighted by Gasteiger charge is 2.26. The Balaban J connectivity index is 1.65. The molecule has 0 atom stereocenters. The molecule has 0 aliphatic carbocycles. The molecule has 1 heterocycles. The first-order chi connectivity index (χ1) is 12.9. The summed E-state index contributed by atoms with van der Waals surface area (Å²) in [5, 5.41) is 11.4. The summed E-state index contributed by atoms with van der Waals surface area (Å²) in [6, 6.07) is 11.1. The van der Waals surface area contributed by atoms with Crippen LogP contribution in [0.3, 0.4) is 0 Å². The molecule has 0 radical (unpaired) electrons. The number of nitro benzene ring substituents is 1. The van der Waals surface area contributed by atoms with Crippen molar-refractivity contribution in [1.29, 1.82) is 0 Å². The van der Waals surface area contributed by atoms with E-state index in [1.807, 2.05) is 0 Å². The number of nitro groups is 1. The number of hydrogen-bond acceptors (Lipinski definition) is 4. The Morgan fingerprint density at radius 3 is 2.00 bits per heavy atom. The monoisotopic (exact) mass is 387 g/mol. The molecule has 0 aromatic heterocycles. The molecule has 140 valence electrons. The predicted octanol–water partition coefficient (Wildman–Crippen LogP) is 3.15. The molecule has 1 saturated heterocycles. The number of rotatable bonds is 3. The zero-order valence-electron chi connectivity index (χ0n) is 14.7. The van der Waals surface area contributed by atoms with Crippen LogP contribution < -0.4 is 0 Å². The Bertz CT molecular complexity index is 908. The maximum atomic E-state index is 12.7. The molecule has 7 nitrogen and oxygen atoms in total. The van der Waals surface area contributed by atoms with Crippen molar-refractivity contribution in [2.24, 2.45) is 0 Å². The van der Waals surface area contributed by atoms with E-state index in [1.54, 1.807) is 41.0 Å². The SMILES string of the molecule is Cc1cc(C(=O)N2CCN(C(=O)c3cccc(Cl)c3)CC2)ccc1[N+](=O)[O-]. The average Bonchev–Trinajstić information content (AvgIpc) is 2.66. The van der Waals surface area contributed by atoms with Crippen LogP contribution in [0, 0.1) is 17.0 Å². The molecule has 2 aromatic rings. The third-order valence-corrected chi connectivity index (χ3v) is 4.80. The van der Waals surface area contributed by atoms with Gasteiger partial charge in [0, 0.05) is 54.0 Å². The van der Waals surface area contributed by atoms with E-state index >= 15 is 0 Å². The molecule has 0 N–H and O–H groups in total. The maximum absolute atomic E-state index is 12.7. The smallest absolute Gasteiger partial charge is 0.272 e. The maximum Gasteiger partial charge on any atom is 0.272 e. The molecule has 2 amide bonds. The molecular weight excluding hydrogens is 370 g/mol. The number of aryl methyl sites for hydroxylation is 1. The number of benzene rings is 2. The Kier molecular flexibility index (Phi) is 5.41. The lowest BCUT2D eigenvalue weighted by Crippen LogP contribution is -2.50. The van der Waals surface area contributed by atoms with Crippen molar-refractivity contribution in [3.05, 3.63) is 74.3 Å². The Morgan fingerprint density at radius 2 is 1.52 bits per heavy atom. The number of piperazine rings is 1. The van der Waals surface area contributed by atoms with Crippen molar-refractivity contribution >= 4 is 29.1 Å². The van der Waals surface area contributed by atoms with Gasteiger partial charge in [-0.1, -0.05) is 17.7 Å². The van der Waals surface area contributed by atoms with Crippen LogP contribution in [-0.4, -0.2) is 52.7 Å². The third kappa shape index (κ3) is 4.09. The highest BCUT2D eigenvalue weighted by Crippen LogP contribution is 2.20. The van der Waals surface area contributed by atoms with E-state index in [9.17, 15) is 19.7 Å². The first-order valence-electron chi connectivity index (χ1n) is 8.46. The van der Waals surface area contributed by atoms with Gasteiger partial charge in [-0.15, -0.1) is 0 Å². The van der Waals surface area contributed by atoms with Crippen molar-refractivity contribution in [2.45, 2.75) is 6.92 Å². The Labute approximate surface area is 161 Å². The van der Waals surface area contributed by atoms with Gasteiger partial charge >= 0.3 is 0 Å². The molecule has 8 heteroatoms. The van der Waals surface area contributed by atoms with Crippen LogP contribution in [-0.2, 0) is 0 Å². The van der Waals surface area contributed by atoms with Crippen LogP contribution in [0.5, 0.6) is 0 Å². The summed E-state index contributed by atoms with van der Waals surface area (Å²) in [6.45, 7) is 3.25. The summed E-state index contributed by atoms with van der Waals surface area (Å²) in [6.07, 6.45) is 0. The number of carbonyl (C=O) groups is 2. The van der Waals surface area contributed by atoms with E-state index in [1.165, 1.54) is 18.2 Å². The van der Waals surface area contributed by atoms with Gasteiger partial charge < -0.3 is 9.80 Å². The number of halogens is 1. The molecule has 1 aliphatic heterocycles. The van der Waals surface area contributed by atoms with E-state index in [-0.39, 0.29) is 17.5 Å². The van der Waals surface area contributed by atoms with Crippen molar-refractivity contribution in [2.75, 3.05) is 26.2 Å². The van der Waals surface area contributed by atoms with Crippen LogP contribution in [0.2, 0.25) is 5.02 Å². The molecule has 0 unspecified atom stereocenters. The second-order valence-corrected chi connectivity index (χ2v) is 6.79. The molecule has 0 bridgehead atoms. The normalized spacial score (nSPS) is 14.1. The first kappa shape index (κ1) is 18.8. The summed E-state index contributed by atoms with van der Waals surface area (Å²) >= 11 is 5.94. The predicted molar refractivity (Wildman–Crippen MR) is 101 cm³/mol. The van der Waals surface area contributed by atoms with E-state index in [0.29, 0.717) is 47.9 Å². The van der Waals surface area contributed by atoms with Crippen molar-refractivity contribution in [1.82, 2.24) is 9.80 Å². The lowest BCUT2D eigenvalue weighted by molar-refractivity contribution is -0.385. The minimum absolute atomic E-state index is 0.0107. The molecule has 2 aromatic carbocycles. The standard InChI is InChI=1S/C19H18ClN3O4/c1-13-11-15(5-6-17(13)23(26)27)19(25)22-9-7-21(8-10-22)18(24)14-3-2-4-16(20)12-14/h2-6,11-12H,7-10H2,1H3. The van der Waals surface area contributed by atoms with Crippen molar-refractivity contribution < 1.29 is 14.5 Å². The van der Waals surface area contributed by atoms with Gasteiger partial charge in [0.25, 0.3) is 17.5 Å². The van der Waals surface area contributed by atoms with E-state index < -0.39 is 4.92 Å². The molecule has 27 heavy (non-hydrogen) atoms. The van der Waals surface area contributed by atoms with Crippen LogP contribution in [0.1, 0.15) is 26.3 Å². The summed E-state index contributed by atoms with van der Waals surface area (Å²) in [5.74, 6) is -0.307. The molecular formula is C19H18ClN3O4. The fraction of sp³-hybridized carbons (Fsp3) is 0.263. The lowest BCUT2D eigenvalue weighted by atomic mass is 10.1. The van der Waals surface area contributed by atoms with Gasteiger partial charge in [0.1, 0.15) is 0 Å². The van der Waals surface area contributed by atoms with E-state index in [4.69, 9.17) is 11.6 Å². The highest BCUT2D eigenvalue weighted by atomic mass is 35.5. The lowest BCUT2D eigenvalue weighted by Gasteiger charge is -2.35. The van der Waals surface area contributed by atoms with Gasteiger partial charge in [-0.05, 0) is 37.3 Å². The second kappa shape index (κ2) is 7.75. The molecule has 0 spiro atoms. The summed E-state index contributed by atoms with van der Waals surface area (Å²) in [5.41, 5.74) is 1.37. The minimum Gasteiger partial charge on any atom is -0.335 e. The largest absolute Gasteiger partial charge is 0.335 e. The summed E-state index contributed by atoms with van der Waals surface area (Å²) < 4.78 is 0. The summed E-state index contributed by atoms with van der Waals surface area (Å²) in [7, 11) is 0. The topological polar surface area (TPSA) is 83.8 Å². The number of nitrogens with zero attached hydrogens (tertiary/aromatic N) is 3. The molecule has 3 rings (SSSR count). The number of amides is 2. The van der Waals surface area contributed by atoms with Gasteiger partial charge in [0.2, 0.25) is 0 Å². The quantitative estimate of drug-likeness (QED) is 0.598. The van der Waals surface area contributed by atoms with Crippen molar-refractivity contribution in [3.63, 3.8) is 0 Å². The zero-order chi connectivity index (χ0) is 19.6. The molecule has 0 saturated carbocycles. The second-order valence-electron chi connectivity index (χ2n) is 6.35. The number of carbonyl (C=O) groups excluding carboxylic acids is 2.